The Labute approximate surface area is 136 Å². The van der Waals surface area contributed by atoms with Gasteiger partial charge >= 0.3 is 0 Å². The molecule has 5 nitrogen and oxygen atoms in total. The average Bonchev–Trinajstić information content (AvgIpc) is 2.46. The van der Waals surface area contributed by atoms with Gasteiger partial charge in [0, 0.05) is 13.1 Å². The smallest absolute Gasteiger partial charge is 0.150 e. The Hall–Kier alpha value is -0.820. The number of hydrogen-bond acceptors (Lipinski definition) is 5. The zero-order valence-electron chi connectivity index (χ0n) is 12.6. The van der Waals surface area contributed by atoms with E-state index in [2.05, 4.69) is 5.32 Å². The minimum atomic E-state index is -2.97. The summed E-state index contributed by atoms with van der Waals surface area (Å²) in [6.07, 6.45) is 0.568. The Morgan fingerprint density at radius 2 is 2.05 bits per heavy atom. The molecule has 1 aliphatic rings. The fourth-order valence-corrected chi connectivity index (χ4v) is 4.30. The highest BCUT2D eigenvalue weighted by atomic mass is 35.5. The molecular weight excluding hydrogens is 326 g/mol. The van der Waals surface area contributed by atoms with Crippen LogP contribution in [0.5, 0.6) is 5.75 Å². The number of rotatable bonds is 6. The van der Waals surface area contributed by atoms with Crippen molar-refractivity contribution in [2.75, 3.05) is 24.7 Å². The van der Waals surface area contributed by atoms with E-state index >= 15 is 0 Å². The van der Waals surface area contributed by atoms with Crippen LogP contribution in [0.2, 0.25) is 5.02 Å². The molecule has 2 rings (SSSR count). The molecule has 0 amide bonds. The quantitative estimate of drug-likeness (QED) is 0.820. The maximum Gasteiger partial charge on any atom is 0.150 e. The third-order valence-corrected chi connectivity index (χ3v) is 5.78. The fraction of sp³-hybridized carbons (Fsp3) is 0.600. The first-order valence-corrected chi connectivity index (χ1v) is 9.58. The summed E-state index contributed by atoms with van der Waals surface area (Å²) in [6.45, 7) is 3.39. The molecule has 1 fully saturated rings. The molecule has 1 heterocycles. The molecule has 0 aliphatic carbocycles. The van der Waals surface area contributed by atoms with Gasteiger partial charge in [0.2, 0.25) is 0 Å². The van der Waals surface area contributed by atoms with Crippen molar-refractivity contribution < 1.29 is 18.3 Å². The highest BCUT2D eigenvalue weighted by Gasteiger charge is 2.34. The molecule has 7 heteroatoms. The molecule has 1 aliphatic heterocycles. The van der Waals surface area contributed by atoms with Crippen molar-refractivity contribution in [2.24, 2.45) is 0 Å². The largest absolute Gasteiger partial charge is 0.492 e. The second-order valence-corrected chi connectivity index (χ2v) is 8.39. The zero-order valence-corrected chi connectivity index (χ0v) is 14.2. The molecule has 0 unspecified atom stereocenters. The maximum absolute atomic E-state index is 11.4. The predicted octanol–water partition coefficient (Wildman–Crippen LogP) is 1.77. The highest BCUT2D eigenvalue weighted by Crippen LogP contribution is 2.26. The van der Waals surface area contributed by atoms with E-state index in [-0.39, 0.29) is 24.3 Å². The van der Waals surface area contributed by atoms with Crippen LogP contribution in [-0.2, 0) is 16.4 Å². The molecule has 1 saturated heterocycles. The van der Waals surface area contributed by atoms with E-state index in [1.807, 2.05) is 25.1 Å². The number of hydrogen-bond donors (Lipinski definition) is 2. The number of ether oxygens (including phenoxy) is 1. The number of nitrogens with one attached hydrogen (secondary N) is 1. The van der Waals surface area contributed by atoms with Crippen molar-refractivity contribution in [1.29, 1.82) is 0 Å². The van der Waals surface area contributed by atoms with Gasteiger partial charge in [-0.2, -0.15) is 0 Å². The minimum absolute atomic E-state index is 0.0556. The van der Waals surface area contributed by atoms with Crippen LogP contribution < -0.4 is 10.1 Å². The van der Waals surface area contributed by atoms with Crippen LogP contribution in [0.4, 0.5) is 0 Å². The van der Waals surface area contributed by atoms with E-state index in [1.54, 1.807) is 0 Å². The van der Waals surface area contributed by atoms with Crippen molar-refractivity contribution in [3.05, 3.63) is 28.8 Å². The second kappa shape index (κ2) is 7.17. The number of benzene rings is 1. The van der Waals surface area contributed by atoms with Gasteiger partial charge in [-0.1, -0.05) is 17.7 Å². The first kappa shape index (κ1) is 17.5. The molecule has 0 atom stereocenters. The van der Waals surface area contributed by atoms with E-state index in [4.69, 9.17) is 16.3 Å². The normalized spacial score (nSPS) is 19.8. The lowest BCUT2D eigenvalue weighted by atomic mass is 9.97. The Balaban J connectivity index is 1.85. The van der Waals surface area contributed by atoms with E-state index in [0.29, 0.717) is 30.5 Å². The first-order valence-electron chi connectivity index (χ1n) is 7.38. The van der Waals surface area contributed by atoms with Crippen molar-refractivity contribution in [2.45, 2.75) is 31.9 Å². The molecule has 124 valence electrons. The summed E-state index contributed by atoms with van der Waals surface area (Å²) in [7, 11) is -2.97. The fourth-order valence-electron chi connectivity index (χ4n) is 2.46. The molecule has 22 heavy (non-hydrogen) atoms. The van der Waals surface area contributed by atoms with Crippen LogP contribution in [0, 0.1) is 0 Å². The maximum atomic E-state index is 11.4. The van der Waals surface area contributed by atoms with Crippen LogP contribution in [0.1, 0.15) is 25.3 Å². The average molecular weight is 348 g/mol. The summed E-state index contributed by atoms with van der Waals surface area (Å²) in [5.41, 5.74) is 0.0425. The Morgan fingerprint density at radius 1 is 1.36 bits per heavy atom. The minimum Gasteiger partial charge on any atom is -0.492 e. The van der Waals surface area contributed by atoms with Crippen molar-refractivity contribution in [1.82, 2.24) is 5.32 Å². The van der Waals surface area contributed by atoms with Crippen LogP contribution in [0.25, 0.3) is 0 Å². The van der Waals surface area contributed by atoms with Gasteiger partial charge in [0.15, 0.2) is 9.84 Å². The van der Waals surface area contributed by atoms with E-state index in [0.717, 1.165) is 5.56 Å². The third kappa shape index (κ3) is 4.84. The monoisotopic (exact) mass is 347 g/mol. The topological polar surface area (TPSA) is 75.6 Å². The summed E-state index contributed by atoms with van der Waals surface area (Å²) >= 11 is 6.13. The third-order valence-electron chi connectivity index (χ3n) is 3.84. The summed E-state index contributed by atoms with van der Waals surface area (Å²) in [5.74, 6) is 0.768. The lowest BCUT2D eigenvalue weighted by molar-refractivity contribution is 0.0303. The lowest BCUT2D eigenvalue weighted by Gasteiger charge is -2.32. The first-order chi connectivity index (χ1) is 10.3. The summed E-state index contributed by atoms with van der Waals surface area (Å²) in [5, 5.41) is 14.1. The standard InChI is InChI=1S/C15H22ClNO4S/c1-2-21-14-4-3-12(9-13(14)16)10-17-11-15(18)5-7-22(19,20)8-6-15/h3-4,9,17-18H,2,5-8,10-11H2,1H3. The lowest BCUT2D eigenvalue weighted by Crippen LogP contribution is -2.46. The SMILES string of the molecule is CCOc1ccc(CNCC2(O)CCS(=O)(=O)CC2)cc1Cl. The van der Waals surface area contributed by atoms with Gasteiger partial charge in [0.05, 0.1) is 28.7 Å². The molecule has 0 aromatic heterocycles. The molecule has 0 bridgehead atoms. The summed E-state index contributed by atoms with van der Waals surface area (Å²) < 4.78 is 28.2. The van der Waals surface area contributed by atoms with Gasteiger partial charge in [0.25, 0.3) is 0 Å². The van der Waals surface area contributed by atoms with Crippen LogP contribution >= 0.6 is 11.6 Å². The van der Waals surface area contributed by atoms with E-state index in [9.17, 15) is 13.5 Å². The summed E-state index contributed by atoms with van der Waals surface area (Å²) in [4.78, 5) is 0. The zero-order chi connectivity index (χ0) is 16.2. The molecule has 1 aromatic rings. The van der Waals surface area contributed by atoms with E-state index < -0.39 is 15.4 Å². The van der Waals surface area contributed by atoms with E-state index in [1.165, 1.54) is 0 Å². The molecule has 2 N–H and O–H groups in total. The number of sulfone groups is 1. The van der Waals surface area contributed by atoms with Gasteiger partial charge in [-0.15, -0.1) is 0 Å². The Bertz CT molecular complexity index is 604. The van der Waals surface area contributed by atoms with Crippen molar-refractivity contribution in [3.8, 4) is 5.75 Å². The molecule has 1 aromatic carbocycles. The van der Waals surface area contributed by atoms with Gasteiger partial charge in [0.1, 0.15) is 5.75 Å². The van der Waals surface area contributed by atoms with Gasteiger partial charge in [-0.3, -0.25) is 0 Å². The number of aliphatic hydroxyl groups is 1. The van der Waals surface area contributed by atoms with Gasteiger partial charge in [-0.05, 0) is 37.5 Å². The van der Waals surface area contributed by atoms with Gasteiger partial charge in [-0.25, -0.2) is 8.42 Å². The summed E-state index contributed by atoms with van der Waals surface area (Å²) in [6, 6.07) is 5.57. The van der Waals surface area contributed by atoms with Crippen molar-refractivity contribution in [3.63, 3.8) is 0 Å². The Morgan fingerprint density at radius 3 is 2.64 bits per heavy atom. The highest BCUT2D eigenvalue weighted by molar-refractivity contribution is 7.91. The van der Waals surface area contributed by atoms with Crippen molar-refractivity contribution >= 4 is 21.4 Å². The predicted molar refractivity (Wildman–Crippen MR) is 87.2 cm³/mol. The van der Waals surface area contributed by atoms with Crippen LogP contribution in [-0.4, -0.2) is 43.8 Å². The molecule has 0 saturated carbocycles. The Kier molecular flexibility index (Phi) is 5.71. The molecule has 0 spiro atoms. The molecule has 0 radical (unpaired) electrons. The van der Waals surface area contributed by atoms with Crippen LogP contribution in [0.3, 0.4) is 0 Å². The van der Waals surface area contributed by atoms with Gasteiger partial charge < -0.3 is 15.2 Å². The number of halogens is 1. The van der Waals surface area contributed by atoms with Crippen LogP contribution in [0.15, 0.2) is 18.2 Å². The molecular formula is C15H22ClNO4S. The second-order valence-electron chi connectivity index (χ2n) is 5.68.